The first-order valence-corrected chi connectivity index (χ1v) is 6.08. The third-order valence-electron chi connectivity index (χ3n) is 3.12. The molecule has 92 valence electrons. The third-order valence-corrected chi connectivity index (χ3v) is 3.12. The first kappa shape index (κ1) is 11.2. The SMILES string of the molecule is COc1nc(-c2ccccc2)nc2c1CCNC2. The van der Waals surface area contributed by atoms with E-state index in [-0.39, 0.29) is 0 Å². The number of nitrogens with one attached hydrogen (secondary N) is 1. The fourth-order valence-corrected chi connectivity index (χ4v) is 2.21. The number of hydrogen-bond acceptors (Lipinski definition) is 4. The smallest absolute Gasteiger partial charge is 0.220 e. The number of hydrogen-bond donors (Lipinski definition) is 1. The molecule has 1 aliphatic rings. The molecule has 1 N–H and O–H groups in total. The molecule has 0 aliphatic carbocycles. The van der Waals surface area contributed by atoms with E-state index in [0.29, 0.717) is 5.88 Å². The van der Waals surface area contributed by atoms with Gasteiger partial charge in [-0.15, -0.1) is 0 Å². The van der Waals surface area contributed by atoms with Crippen molar-refractivity contribution in [3.8, 4) is 17.3 Å². The maximum atomic E-state index is 5.40. The van der Waals surface area contributed by atoms with Crippen LogP contribution >= 0.6 is 0 Å². The van der Waals surface area contributed by atoms with E-state index in [1.54, 1.807) is 7.11 Å². The zero-order chi connectivity index (χ0) is 12.4. The van der Waals surface area contributed by atoms with E-state index in [0.717, 1.165) is 42.2 Å². The predicted octanol–water partition coefficient (Wildman–Crippen LogP) is 1.80. The van der Waals surface area contributed by atoms with Crippen LogP contribution in [0.1, 0.15) is 11.3 Å². The zero-order valence-electron chi connectivity index (χ0n) is 10.3. The minimum Gasteiger partial charge on any atom is -0.481 e. The number of rotatable bonds is 2. The maximum absolute atomic E-state index is 5.40. The molecule has 3 rings (SSSR count). The molecular formula is C14H15N3O. The summed E-state index contributed by atoms with van der Waals surface area (Å²) in [6.07, 6.45) is 0.924. The fourth-order valence-electron chi connectivity index (χ4n) is 2.21. The van der Waals surface area contributed by atoms with Crippen molar-refractivity contribution in [3.63, 3.8) is 0 Å². The Bertz CT molecular complexity index is 537. The highest BCUT2D eigenvalue weighted by atomic mass is 16.5. The van der Waals surface area contributed by atoms with Gasteiger partial charge in [0, 0.05) is 17.7 Å². The summed E-state index contributed by atoms with van der Waals surface area (Å²) in [7, 11) is 1.67. The van der Waals surface area contributed by atoms with E-state index < -0.39 is 0 Å². The summed E-state index contributed by atoms with van der Waals surface area (Å²) in [4.78, 5) is 9.15. The van der Waals surface area contributed by atoms with E-state index in [4.69, 9.17) is 4.74 Å². The van der Waals surface area contributed by atoms with Crippen LogP contribution in [0.2, 0.25) is 0 Å². The summed E-state index contributed by atoms with van der Waals surface area (Å²) in [5, 5.41) is 3.33. The Morgan fingerprint density at radius 3 is 2.78 bits per heavy atom. The molecule has 0 atom stereocenters. The highest BCUT2D eigenvalue weighted by Crippen LogP contribution is 2.25. The molecule has 18 heavy (non-hydrogen) atoms. The Morgan fingerprint density at radius 2 is 2.00 bits per heavy atom. The molecule has 2 aromatic rings. The highest BCUT2D eigenvalue weighted by Gasteiger charge is 2.18. The second-order valence-corrected chi connectivity index (χ2v) is 4.27. The summed E-state index contributed by atoms with van der Waals surface area (Å²) in [5.41, 5.74) is 3.20. The minimum absolute atomic E-state index is 0.709. The number of nitrogens with zero attached hydrogens (tertiary/aromatic N) is 2. The van der Waals surface area contributed by atoms with Crippen LogP contribution in [0.5, 0.6) is 5.88 Å². The number of ether oxygens (including phenoxy) is 1. The van der Waals surface area contributed by atoms with Gasteiger partial charge in [-0.25, -0.2) is 4.98 Å². The standard InChI is InChI=1S/C14H15N3O/c1-18-14-11-7-8-15-9-12(11)16-13(17-14)10-5-3-2-4-6-10/h2-6,15H,7-9H2,1H3. The minimum atomic E-state index is 0.709. The second kappa shape index (κ2) is 4.74. The van der Waals surface area contributed by atoms with Gasteiger partial charge in [-0.05, 0) is 13.0 Å². The molecule has 1 aromatic heterocycles. The van der Waals surface area contributed by atoms with Crippen LogP contribution in [0, 0.1) is 0 Å². The quantitative estimate of drug-likeness (QED) is 0.871. The van der Waals surface area contributed by atoms with Gasteiger partial charge < -0.3 is 10.1 Å². The van der Waals surface area contributed by atoms with E-state index in [1.807, 2.05) is 30.3 Å². The van der Waals surface area contributed by atoms with Gasteiger partial charge in [0.15, 0.2) is 5.82 Å². The summed E-state index contributed by atoms with van der Waals surface area (Å²) in [5.74, 6) is 1.44. The number of methoxy groups -OCH3 is 1. The summed E-state index contributed by atoms with van der Waals surface area (Å²) < 4.78 is 5.40. The Kier molecular flexibility index (Phi) is 2.94. The molecule has 0 amide bonds. The Morgan fingerprint density at radius 1 is 1.17 bits per heavy atom. The van der Waals surface area contributed by atoms with E-state index >= 15 is 0 Å². The van der Waals surface area contributed by atoms with Crippen molar-refractivity contribution in [2.75, 3.05) is 13.7 Å². The molecule has 0 bridgehead atoms. The Labute approximate surface area is 106 Å². The van der Waals surface area contributed by atoms with Gasteiger partial charge in [0.25, 0.3) is 0 Å². The lowest BCUT2D eigenvalue weighted by molar-refractivity contribution is 0.387. The fraction of sp³-hybridized carbons (Fsp3) is 0.286. The Hall–Kier alpha value is -1.94. The molecule has 4 nitrogen and oxygen atoms in total. The van der Waals surface area contributed by atoms with Crippen molar-refractivity contribution in [2.45, 2.75) is 13.0 Å². The van der Waals surface area contributed by atoms with Crippen molar-refractivity contribution >= 4 is 0 Å². The van der Waals surface area contributed by atoms with Gasteiger partial charge in [-0.3, -0.25) is 0 Å². The lowest BCUT2D eigenvalue weighted by atomic mass is 10.1. The van der Waals surface area contributed by atoms with E-state index in [9.17, 15) is 0 Å². The largest absolute Gasteiger partial charge is 0.481 e. The van der Waals surface area contributed by atoms with Crippen LogP contribution in [-0.4, -0.2) is 23.6 Å². The molecule has 0 fully saturated rings. The van der Waals surface area contributed by atoms with Crippen molar-refractivity contribution in [1.29, 1.82) is 0 Å². The van der Waals surface area contributed by atoms with Crippen molar-refractivity contribution in [1.82, 2.24) is 15.3 Å². The van der Waals surface area contributed by atoms with Crippen LogP contribution in [-0.2, 0) is 13.0 Å². The molecule has 2 heterocycles. The summed E-state index contributed by atoms with van der Waals surface area (Å²) >= 11 is 0. The van der Waals surface area contributed by atoms with Crippen molar-refractivity contribution < 1.29 is 4.74 Å². The molecule has 0 saturated carbocycles. The lowest BCUT2D eigenvalue weighted by Crippen LogP contribution is -2.25. The molecule has 0 spiro atoms. The first-order valence-electron chi connectivity index (χ1n) is 6.08. The number of benzene rings is 1. The van der Waals surface area contributed by atoms with Crippen LogP contribution in [0.4, 0.5) is 0 Å². The molecule has 1 aliphatic heterocycles. The number of fused-ring (bicyclic) bond motifs is 1. The molecule has 0 saturated heterocycles. The van der Waals surface area contributed by atoms with Gasteiger partial charge in [-0.2, -0.15) is 4.98 Å². The maximum Gasteiger partial charge on any atom is 0.220 e. The summed E-state index contributed by atoms with van der Waals surface area (Å²) in [6, 6.07) is 9.99. The highest BCUT2D eigenvalue weighted by molar-refractivity contribution is 5.56. The normalized spacial score (nSPS) is 14.1. The van der Waals surface area contributed by atoms with Crippen LogP contribution in [0.3, 0.4) is 0 Å². The molecule has 0 radical (unpaired) electrons. The average Bonchev–Trinajstić information content (AvgIpc) is 2.47. The van der Waals surface area contributed by atoms with Gasteiger partial charge in [0.1, 0.15) is 0 Å². The van der Waals surface area contributed by atoms with E-state index in [2.05, 4.69) is 15.3 Å². The van der Waals surface area contributed by atoms with Gasteiger partial charge in [-0.1, -0.05) is 30.3 Å². The Balaban J connectivity index is 2.12. The van der Waals surface area contributed by atoms with Crippen molar-refractivity contribution in [2.24, 2.45) is 0 Å². The lowest BCUT2D eigenvalue weighted by Gasteiger charge is -2.19. The number of aromatic nitrogens is 2. The van der Waals surface area contributed by atoms with Crippen molar-refractivity contribution in [3.05, 3.63) is 41.6 Å². The average molecular weight is 241 g/mol. The molecule has 4 heteroatoms. The second-order valence-electron chi connectivity index (χ2n) is 4.27. The topological polar surface area (TPSA) is 47.0 Å². The van der Waals surface area contributed by atoms with Crippen LogP contribution < -0.4 is 10.1 Å². The monoisotopic (exact) mass is 241 g/mol. The van der Waals surface area contributed by atoms with Crippen LogP contribution in [0.25, 0.3) is 11.4 Å². The van der Waals surface area contributed by atoms with Gasteiger partial charge in [0.2, 0.25) is 5.88 Å². The molecular weight excluding hydrogens is 226 g/mol. The van der Waals surface area contributed by atoms with E-state index in [1.165, 1.54) is 0 Å². The first-order chi connectivity index (χ1) is 8.88. The zero-order valence-corrected chi connectivity index (χ0v) is 10.3. The molecule has 1 aromatic carbocycles. The summed E-state index contributed by atoms with van der Waals surface area (Å²) in [6.45, 7) is 1.74. The third kappa shape index (κ3) is 1.95. The van der Waals surface area contributed by atoms with Gasteiger partial charge in [0.05, 0.1) is 12.8 Å². The molecule has 0 unspecified atom stereocenters. The van der Waals surface area contributed by atoms with Gasteiger partial charge >= 0.3 is 0 Å². The van der Waals surface area contributed by atoms with Crippen LogP contribution in [0.15, 0.2) is 30.3 Å². The predicted molar refractivity (Wildman–Crippen MR) is 69.4 cm³/mol.